The first-order valence-corrected chi connectivity index (χ1v) is 11.1. The highest BCUT2D eigenvalue weighted by atomic mass is 32.1. The van der Waals surface area contributed by atoms with Crippen LogP contribution in [0, 0.1) is 5.92 Å². The van der Waals surface area contributed by atoms with Crippen LogP contribution in [-0.4, -0.2) is 29.2 Å². The van der Waals surface area contributed by atoms with Gasteiger partial charge in [0.15, 0.2) is 5.82 Å². The zero-order chi connectivity index (χ0) is 24.5. The molecule has 1 aliphatic rings. The van der Waals surface area contributed by atoms with E-state index in [4.69, 9.17) is 0 Å². The summed E-state index contributed by atoms with van der Waals surface area (Å²) in [6, 6.07) is 8.55. The molecule has 3 aromatic rings. The van der Waals surface area contributed by atoms with Gasteiger partial charge in [0.2, 0.25) is 5.91 Å². The molecule has 180 valence electrons. The van der Waals surface area contributed by atoms with Crippen LogP contribution in [0.15, 0.2) is 47.8 Å². The minimum atomic E-state index is -4.98. The predicted molar refractivity (Wildman–Crippen MR) is 115 cm³/mol. The summed E-state index contributed by atoms with van der Waals surface area (Å²) in [6.45, 7) is 0.892. The first-order chi connectivity index (χ1) is 16.0. The third-order valence-electron chi connectivity index (χ3n) is 5.47. The van der Waals surface area contributed by atoms with Crippen LogP contribution in [-0.2, 0) is 17.1 Å². The normalized spacial score (nSPS) is 15.4. The number of carbonyl (C=O) groups is 1. The van der Waals surface area contributed by atoms with Gasteiger partial charge in [-0.2, -0.15) is 26.3 Å². The maximum Gasteiger partial charge on any atom is 0.416 e. The molecule has 2 aromatic heterocycles. The second kappa shape index (κ2) is 9.24. The van der Waals surface area contributed by atoms with Crippen LogP contribution in [0.1, 0.15) is 24.0 Å². The molecule has 0 bridgehead atoms. The molecule has 0 radical (unpaired) electrons. The zero-order valence-corrected chi connectivity index (χ0v) is 18.3. The molecule has 1 fully saturated rings. The SMILES string of the molecule is O=C(Nc1cc(C(F)(F)F)cc(C(F)(F)F)c1)C1CCN(c2ccc(-c3cccs3)nn2)CC1. The molecule has 3 heterocycles. The van der Waals surface area contributed by atoms with Crippen molar-refractivity contribution in [2.45, 2.75) is 25.2 Å². The molecule has 0 atom stereocenters. The number of nitrogens with zero attached hydrogens (tertiary/aromatic N) is 3. The van der Waals surface area contributed by atoms with Crippen molar-refractivity contribution >= 4 is 28.7 Å². The van der Waals surface area contributed by atoms with Crippen molar-refractivity contribution in [1.29, 1.82) is 0 Å². The first-order valence-electron chi connectivity index (χ1n) is 10.2. The highest BCUT2D eigenvalue weighted by Crippen LogP contribution is 2.38. The van der Waals surface area contributed by atoms with Crippen molar-refractivity contribution < 1.29 is 31.1 Å². The molecular weight excluding hydrogens is 482 g/mol. The lowest BCUT2D eigenvalue weighted by Gasteiger charge is -2.31. The third kappa shape index (κ3) is 5.49. The Morgan fingerprint density at radius 1 is 0.941 bits per heavy atom. The van der Waals surface area contributed by atoms with Gasteiger partial charge < -0.3 is 10.2 Å². The van der Waals surface area contributed by atoms with E-state index in [0.29, 0.717) is 43.9 Å². The summed E-state index contributed by atoms with van der Waals surface area (Å²) in [5.74, 6) is -0.545. The Bertz CT molecular complexity index is 1110. The lowest BCUT2D eigenvalue weighted by atomic mass is 9.95. The van der Waals surface area contributed by atoms with E-state index in [1.807, 2.05) is 34.5 Å². The standard InChI is InChI=1S/C22H18F6N4OS/c23-21(24,25)14-10-15(22(26,27)28)12-16(11-14)29-20(33)13-5-7-32(8-6-13)19-4-3-17(30-31-19)18-2-1-9-34-18/h1-4,9-13H,5-8H2,(H,29,33). The van der Waals surface area contributed by atoms with E-state index in [2.05, 4.69) is 15.5 Å². The van der Waals surface area contributed by atoms with Crippen LogP contribution < -0.4 is 10.2 Å². The summed E-state index contributed by atoms with van der Waals surface area (Å²) in [7, 11) is 0. The Hall–Kier alpha value is -3.15. The smallest absolute Gasteiger partial charge is 0.355 e. The second-order valence-corrected chi connectivity index (χ2v) is 8.75. The number of hydrogen-bond donors (Lipinski definition) is 1. The number of nitrogens with one attached hydrogen (secondary N) is 1. The fourth-order valence-corrected chi connectivity index (χ4v) is 4.38. The van der Waals surface area contributed by atoms with E-state index in [1.54, 1.807) is 11.3 Å². The minimum Gasteiger partial charge on any atom is -0.355 e. The number of hydrogen-bond acceptors (Lipinski definition) is 5. The summed E-state index contributed by atoms with van der Waals surface area (Å²) < 4.78 is 78.2. The number of alkyl halides is 6. The lowest BCUT2D eigenvalue weighted by Crippen LogP contribution is -2.38. The Kier molecular flexibility index (Phi) is 6.52. The van der Waals surface area contributed by atoms with Gasteiger partial charge >= 0.3 is 12.4 Å². The Balaban J connectivity index is 1.40. The van der Waals surface area contributed by atoms with Gasteiger partial charge in [0.05, 0.1) is 16.0 Å². The van der Waals surface area contributed by atoms with Gasteiger partial charge in [0.25, 0.3) is 0 Å². The molecule has 1 amide bonds. The Morgan fingerprint density at radius 2 is 1.59 bits per heavy atom. The van der Waals surface area contributed by atoms with Crippen LogP contribution in [0.3, 0.4) is 0 Å². The summed E-state index contributed by atoms with van der Waals surface area (Å²) in [5, 5.41) is 12.6. The van der Waals surface area contributed by atoms with E-state index >= 15 is 0 Å². The quantitative estimate of drug-likeness (QED) is 0.440. The van der Waals surface area contributed by atoms with Gasteiger partial charge in [-0.15, -0.1) is 21.5 Å². The molecule has 12 heteroatoms. The molecule has 1 N–H and O–H groups in total. The van der Waals surface area contributed by atoms with E-state index in [0.717, 1.165) is 10.6 Å². The van der Waals surface area contributed by atoms with Gasteiger partial charge in [-0.25, -0.2) is 0 Å². The lowest BCUT2D eigenvalue weighted by molar-refractivity contribution is -0.143. The molecule has 34 heavy (non-hydrogen) atoms. The van der Waals surface area contributed by atoms with Crippen LogP contribution >= 0.6 is 11.3 Å². The van der Waals surface area contributed by atoms with Crippen molar-refractivity contribution in [3.8, 4) is 10.6 Å². The van der Waals surface area contributed by atoms with Gasteiger partial charge in [-0.1, -0.05) is 6.07 Å². The molecule has 1 saturated heterocycles. The molecule has 0 aliphatic carbocycles. The van der Waals surface area contributed by atoms with Crippen LogP contribution in [0.25, 0.3) is 10.6 Å². The number of piperidine rings is 1. The maximum absolute atomic E-state index is 13.0. The molecule has 4 rings (SSSR count). The molecule has 0 spiro atoms. The fourth-order valence-electron chi connectivity index (χ4n) is 3.69. The first kappa shape index (κ1) is 24.0. The number of halogens is 6. The predicted octanol–water partition coefficient (Wildman–Crippen LogP) is 6.10. The van der Waals surface area contributed by atoms with Crippen LogP contribution in [0.2, 0.25) is 0 Å². The van der Waals surface area contributed by atoms with Crippen molar-refractivity contribution in [2.75, 3.05) is 23.3 Å². The largest absolute Gasteiger partial charge is 0.416 e. The van der Waals surface area contributed by atoms with Crippen LogP contribution in [0.5, 0.6) is 0 Å². The number of anilines is 2. The van der Waals surface area contributed by atoms with Gasteiger partial charge in [-0.05, 0) is 54.6 Å². The molecular formula is C22H18F6N4OS. The second-order valence-electron chi connectivity index (χ2n) is 7.80. The fraction of sp³-hybridized carbons (Fsp3) is 0.318. The number of aromatic nitrogens is 2. The molecule has 1 aliphatic heterocycles. The average Bonchev–Trinajstić information content (AvgIpc) is 3.33. The van der Waals surface area contributed by atoms with Crippen molar-refractivity contribution in [2.24, 2.45) is 5.92 Å². The molecule has 0 saturated carbocycles. The Morgan fingerprint density at radius 3 is 2.09 bits per heavy atom. The van der Waals surface area contributed by atoms with Crippen LogP contribution in [0.4, 0.5) is 37.8 Å². The highest BCUT2D eigenvalue weighted by molar-refractivity contribution is 7.13. The number of amides is 1. The molecule has 1 aromatic carbocycles. The van der Waals surface area contributed by atoms with Crippen molar-refractivity contribution in [3.05, 3.63) is 59.0 Å². The monoisotopic (exact) mass is 500 g/mol. The minimum absolute atomic E-state index is 0.0267. The van der Waals surface area contributed by atoms with E-state index in [9.17, 15) is 31.1 Å². The topological polar surface area (TPSA) is 58.1 Å². The number of thiophene rings is 1. The van der Waals surface area contributed by atoms with Crippen molar-refractivity contribution in [1.82, 2.24) is 10.2 Å². The molecule has 5 nitrogen and oxygen atoms in total. The molecule has 0 unspecified atom stereocenters. The maximum atomic E-state index is 13.0. The van der Waals surface area contributed by atoms with E-state index in [1.165, 1.54) is 0 Å². The third-order valence-corrected chi connectivity index (χ3v) is 6.36. The van der Waals surface area contributed by atoms with E-state index < -0.39 is 41.0 Å². The average molecular weight is 500 g/mol. The summed E-state index contributed by atoms with van der Waals surface area (Å²) in [4.78, 5) is 15.5. The van der Waals surface area contributed by atoms with Crippen molar-refractivity contribution in [3.63, 3.8) is 0 Å². The summed E-state index contributed by atoms with van der Waals surface area (Å²) >= 11 is 1.54. The zero-order valence-electron chi connectivity index (χ0n) is 17.5. The van der Waals surface area contributed by atoms with Gasteiger partial charge in [0.1, 0.15) is 5.69 Å². The van der Waals surface area contributed by atoms with Gasteiger partial charge in [0, 0.05) is 24.7 Å². The highest BCUT2D eigenvalue weighted by Gasteiger charge is 2.37. The number of rotatable bonds is 4. The Labute approximate surface area is 194 Å². The summed E-state index contributed by atoms with van der Waals surface area (Å²) in [6.07, 6.45) is -9.23. The van der Waals surface area contributed by atoms with E-state index in [-0.39, 0.29) is 6.07 Å². The van der Waals surface area contributed by atoms with Gasteiger partial charge in [-0.3, -0.25) is 4.79 Å². The summed E-state index contributed by atoms with van der Waals surface area (Å²) in [5.41, 5.74) is -2.74. The number of carbonyl (C=O) groups excluding carboxylic acids is 1. The number of benzene rings is 1.